The lowest BCUT2D eigenvalue weighted by Gasteiger charge is -2.25. The number of fused-ring (bicyclic) bond motifs is 1. The third-order valence-electron chi connectivity index (χ3n) is 4.04. The maximum atomic E-state index is 12.6. The van der Waals surface area contributed by atoms with E-state index in [1.807, 2.05) is 0 Å². The van der Waals surface area contributed by atoms with Crippen LogP contribution < -0.4 is 14.8 Å². The molecule has 1 heterocycles. The first-order chi connectivity index (χ1) is 12.4. The summed E-state index contributed by atoms with van der Waals surface area (Å²) >= 11 is 0. The van der Waals surface area contributed by atoms with Crippen LogP contribution in [0.15, 0.2) is 53.3 Å². The standard InChI is InChI=1S/C19H19NO5S/c1-12(16-7-6-15(24-2)11-17(16)25-3)19(21)20-14-5-4-13-8-9-26(22,23)18(13)10-14/h4-11,22-23H,1H2,2-3H3,(H,20,21). The van der Waals surface area contributed by atoms with Gasteiger partial charge in [0.15, 0.2) is 0 Å². The number of hydrogen-bond acceptors (Lipinski definition) is 5. The van der Waals surface area contributed by atoms with Crippen LogP contribution in [0.2, 0.25) is 0 Å². The molecule has 1 amide bonds. The normalized spacial score (nSPS) is 15.1. The Kier molecular flexibility index (Phi) is 4.78. The molecule has 136 valence electrons. The van der Waals surface area contributed by atoms with Gasteiger partial charge in [-0.05, 0) is 35.9 Å². The largest absolute Gasteiger partial charge is 0.497 e. The molecule has 0 spiro atoms. The molecule has 26 heavy (non-hydrogen) atoms. The first-order valence-electron chi connectivity index (χ1n) is 7.69. The first kappa shape index (κ1) is 18.1. The number of benzene rings is 2. The fraction of sp³-hybridized carbons (Fsp3) is 0.105. The lowest BCUT2D eigenvalue weighted by molar-refractivity contribution is -0.111. The molecule has 6 nitrogen and oxygen atoms in total. The summed E-state index contributed by atoms with van der Waals surface area (Å²) in [6.45, 7) is 3.85. The molecule has 0 unspecified atom stereocenters. The molecule has 0 saturated carbocycles. The van der Waals surface area contributed by atoms with Gasteiger partial charge in [-0.25, -0.2) is 0 Å². The Labute approximate surface area is 153 Å². The number of nitrogens with one attached hydrogen (secondary N) is 1. The predicted molar refractivity (Wildman–Crippen MR) is 104 cm³/mol. The zero-order chi connectivity index (χ0) is 18.9. The molecule has 2 aromatic carbocycles. The van der Waals surface area contributed by atoms with Crippen molar-refractivity contribution in [2.45, 2.75) is 4.90 Å². The lowest BCUT2D eigenvalue weighted by Crippen LogP contribution is -2.13. The van der Waals surface area contributed by atoms with E-state index < -0.39 is 16.5 Å². The molecule has 3 rings (SSSR count). The summed E-state index contributed by atoms with van der Waals surface area (Å²) in [6.07, 6.45) is 1.65. The minimum absolute atomic E-state index is 0.217. The van der Waals surface area contributed by atoms with Gasteiger partial charge in [-0.2, -0.15) is 0 Å². The van der Waals surface area contributed by atoms with Crippen LogP contribution in [0.25, 0.3) is 11.6 Å². The molecular weight excluding hydrogens is 354 g/mol. The van der Waals surface area contributed by atoms with E-state index in [1.54, 1.807) is 49.6 Å². The maximum absolute atomic E-state index is 12.6. The number of ether oxygens (including phenoxy) is 2. The SMILES string of the molecule is C=C(C(=O)Nc1ccc2c(c1)S(O)(O)C=C2)c1ccc(OC)cc1OC. The van der Waals surface area contributed by atoms with Crippen LogP contribution in [-0.4, -0.2) is 29.2 Å². The second kappa shape index (κ2) is 6.87. The van der Waals surface area contributed by atoms with Crippen molar-refractivity contribution >= 4 is 33.8 Å². The Hall–Kier alpha value is -2.74. The van der Waals surface area contributed by atoms with Crippen molar-refractivity contribution in [3.8, 4) is 11.5 Å². The van der Waals surface area contributed by atoms with E-state index in [2.05, 4.69) is 11.9 Å². The van der Waals surface area contributed by atoms with Crippen LogP contribution in [0, 0.1) is 0 Å². The highest BCUT2D eigenvalue weighted by atomic mass is 32.3. The van der Waals surface area contributed by atoms with Crippen LogP contribution in [0.3, 0.4) is 0 Å². The molecule has 0 aromatic heterocycles. The van der Waals surface area contributed by atoms with Crippen LogP contribution in [0.5, 0.6) is 11.5 Å². The summed E-state index contributed by atoms with van der Waals surface area (Å²) in [6, 6.07) is 10.1. The average Bonchev–Trinajstić information content (AvgIpc) is 2.95. The monoisotopic (exact) mass is 373 g/mol. The molecule has 1 aliphatic heterocycles. The van der Waals surface area contributed by atoms with Gasteiger partial charge in [-0.1, -0.05) is 12.6 Å². The summed E-state index contributed by atoms with van der Waals surface area (Å²) in [5.41, 5.74) is 1.93. The van der Waals surface area contributed by atoms with Crippen molar-refractivity contribution in [2.75, 3.05) is 19.5 Å². The van der Waals surface area contributed by atoms with Gasteiger partial charge in [0.2, 0.25) is 0 Å². The Bertz CT molecular complexity index is 920. The second-order valence-corrected chi connectivity index (χ2v) is 7.54. The molecule has 0 bridgehead atoms. The van der Waals surface area contributed by atoms with Crippen molar-refractivity contribution < 1.29 is 23.4 Å². The summed E-state index contributed by atoms with van der Waals surface area (Å²) in [5, 5.41) is 4.09. The quantitative estimate of drug-likeness (QED) is 0.674. The molecule has 2 aromatic rings. The van der Waals surface area contributed by atoms with E-state index in [9.17, 15) is 13.9 Å². The molecule has 0 aliphatic carbocycles. The van der Waals surface area contributed by atoms with E-state index in [1.165, 1.54) is 12.5 Å². The highest BCUT2D eigenvalue weighted by molar-refractivity contribution is 8.27. The van der Waals surface area contributed by atoms with Crippen molar-refractivity contribution in [1.29, 1.82) is 0 Å². The Morgan fingerprint density at radius 1 is 1.12 bits per heavy atom. The minimum atomic E-state index is -2.94. The van der Waals surface area contributed by atoms with Gasteiger partial charge in [-0.15, -0.1) is 10.6 Å². The van der Waals surface area contributed by atoms with Gasteiger partial charge in [0.1, 0.15) is 11.5 Å². The fourth-order valence-electron chi connectivity index (χ4n) is 2.63. The number of carbonyl (C=O) groups excluding carboxylic acids is 1. The first-order valence-corrected chi connectivity index (χ1v) is 9.30. The van der Waals surface area contributed by atoms with E-state index >= 15 is 0 Å². The molecule has 0 radical (unpaired) electrons. The smallest absolute Gasteiger partial charge is 0.255 e. The molecule has 7 heteroatoms. The second-order valence-electron chi connectivity index (χ2n) is 5.65. The van der Waals surface area contributed by atoms with Crippen molar-refractivity contribution in [2.24, 2.45) is 0 Å². The highest BCUT2D eigenvalue weighted by Crippen LogP contribution is 2.56. The summed E-state index contributed by atoms with van der Waals surface area (Å²) in [7, 11) is 0.104. The van der Waals surface area contributed by atoms with Crippen LogP contribution in [0.4, 0.5) is 5.69 Å². The van der Waals surface area contributed by atoms with E-state index in [0.717, 1.165) is 5.56 Å². The summed E-state index contributed by atoms with van der Waals surface area (Å²) in [4.78, 5) is 13.0. The van der Waals surface area contributed by atoms with Gasteiger partial charge in [0, 0.05) is 28.3 Å². The number of rotatable bonds is 5. The van der Waals surface area contributed by atoms with Gasteiger partial charge in [0.25, 0.3) is 5.91 Å². The van der Waals surface area contributed by atoms with Crippen LogP contribution in [-0.2, 0) is 4.79 Å². The van der Waals surface area contributed by atoms with Gasteiger partial charge in [-0.3, -0.25) is 13.9 Å². The van der Waals surface area contributed by atoms with Crippen LogP contribution >= 0.6 is 10.6 Å². The van der Waals surface area contributed by atoms with Crippen molar-refractivity contribution in [3.63, 3.8) is 0 Å². The van der Waals surface area contributed by atoms with Crippen LogP contribution in [0.1, 0.15) is 11.1 Å². The molecule has 3 N–H and O–H groups in total. The molecule has 0 atom stereocenters. The summed E-state index contributed by atoms with van der Waals surface area (Å²) in [5.74, 6) is 0.655. The molecule has 1 aliphatic rings. The molecular formula is C19H19NO5S. The zero-order valence-electron chi connectivity index (χ0n) is 14.4. The van der Waals surface area contributed by atoms with Crippen molar-refractivity contribution in [3.05, 3.63) is 59.5 Å². The predicted octanol–water partition coefficient (Wildman–Crippen LogP) is 4.45. The third-order valence-corrected chi connectivity index (χ3v) is 5.56. The number of methoxy groups -OCH3 is 2. The highest BCUT2D eigenvalue weighted by Gasteiger charge is 2.22. The minimum Gasteiger partial charge on any atom is -0.497 e. The van der Waals surface area contributed by atoms with E-state index in [-0.39, 0.29) is 5.57 Å². The number of anilines is 1. The van der Waals surface area contributed by atoms with E-state index in [0.29, 0.717) is 27.6 Å². The number of carbonyl (C=O) groups is 1. The lowest BCUT2D eigenvalue weighted by atomic mass is 10.0. The van der Waals surface area contributed by atoms with Gasteiger partial charge < -0.3 is 14.8 Å². The summed E-state index contributed by atoms with van der Waals surface area (Å²) < 4.78 is 30.5. The zero-order valence-corrected chi connectivity index (χ0v) is 15.2. The maximum Gasteiger partial charge on any atom is 0.255 e. The van der Waals surface area contributed by atoms with Gasteiger partial charge >= 0.3 is 0 Å². The van der Waals surface area contributed by atoms with Crippen molar-refractivity contribution in [1.82, 2.24) is 0 Å². The Balaban J connectivity index is 1.82. The Morgan fingerprint density at radius 2 is 1.88 bits per heavy atom. The fourth-order valence-corrected chi connectivity index (χ4v) is 3.89. The molecule has 0 fully saturated rings. The Morgan fingerprint density at radius 3 is 2.58 bits per heavy atom. The van der Waals surface area contributed by atoms with E-state index in [4.69, 9.17) is 9.47 Å². The number of amides is 1. The molecule has 0 saturated heterocycles. The number of hydrogen-bond donors (Lipinski definition) is 3. The average molecular weight is 373 g/mol. The topological polar surface area (TPSA) is 88.0 Å². The third kappa shape index (κ3) is 3.32. The van der Waals surface area contributed by atoms with Gasteiger partial charge in [0.05, 0.1) is 19.1 Å².